The van der Waals surface area contributed by atoms with E-state index < -0.39 is 0 Å². The maximum absolute atomic E-state index is 10.8. The van der Waals surface area contributed by atoms with Crippen molar-refractivity contribution in [2.75, 3.05) is 0 Å². The van der Waals surface area contributed by atoms with Gasteiger partial charge in [-0.25, -0.2) is 0 Å². The van der Waals surface area contributed by atoms with Crippen molar-refractivity contribution in [3.8, 4) is 0 Å². The molecule has 13 heavy (non-hydrogen) atoms. The normalized spacial score (nSPS) is 10.5. The topological polar surface area (TPSA) is 58.6 Å². The largest absolute Gasteiger partial charge is 0.287 e. The molecule has 4 nitrogen and oxygen atoms in total. The lowest BCUT2D eigenvalue weighted by Crippen LogP contribution is -1.91. The molecule has 0 spiro atoms. The zero-order chi connectivity index (χ0) is 9.26. The summed E-state index contributed by atoms with van der Waals surface area (Å²) >= 11 is 1.79. The molecule has 66 valence electrons. The van der Waals surface area contributed by atoms with E-state index >= 15 is 0 Å². The van der Waals surface area contributed by atoms with Gasteiger partial charge in [-0.15, -0.1) is 5.10 Å². The zero-order valence-corrected chi connectivity index (χ0v) is 8.78. The number of nitrogens with one attached hydrogen (secondary N) is 1. The fourth-order valence-corrected chi connectivity index (χ4v) is 1.60. The van der Waals surface area contributed by atoms with Crippen LogP contribution in [0.2, 0.25) is 0 Å². The average molecular weight is 287 g/mol. The Bertz CT molecular complexity index is 451. The van der Waals surface area contributed by atoms with Crippen molar-refractivity contribution in [3.05, 3.63) is 23.8 Å². The van der Waals surface area contributed by atoms with Crippen molar-refractivity contribution in [3.63, 3.8) is 0 Å². The summed E-state index contributed by atoms with van der Waals surface area (Å²) in [5, 5.41) is 10.3. The maximum atomic E-state index is 10.8. The van der Waals surface area contributed by atoms with Crippen LogP contribution in [0.1, 0.15) is 5.56 Å². The van der Waals surface area contributed by atoms with Crippen molar-refractivity contribution >= 4 is 37.4 Å². The van der Waals surface area contributed by atoms with E-state index in [1.165, 1.54) is 0 Å². The van der Waals surface area contributed by atoms with Crippen LogP contribution in [-0.2, 0) is 11.2 Å². The predicted molar refractivity (Wildman–Crippen MR) is 56.6 cm³/mol. The van der Waals surface area contributed by atoms with Gasteiger partial charge in [0.1, 0.15) is 5.52 Å². The number of nitrogens with zero attached hydrogens (tertiary/aromatic N) is 2. The average Bonchev–Trinajstić information content (AvgIpc) is 2.49. The van der Waals surface area contributed by atoms with E-state index in [1.54, 1.807) is 22.6 Å². The third kappa shape index (κ3) is 1.85. The van der Waals surface area contributed by atoms with E-state index in [2.05, 4.69) is 15.4 Å². The third-order valence-corrected chi connectivity index (χ3v) is 2.11. The molecular weight excluding hydrogens is 281 g/mol. The number of carbonyl (C=O) groups excluding carboxylic acids is 1. The summed E-state index contributed by atoms with van der Waals surface area (Å²) in [5.41, 5.74) is 2.67. The molecule has 1 aromatic heterocycles. The summed E-state index contributed by atoms with van der Waals surface area (Å²) in [6, 6.07) is 5.65. The van der Waals surface area contributed by atoms with Crippen LogP contribution < -0.4 is 0 Å². The van der Waals surface area contributed by atoms with Gasteiger partial charge in [0.2, 0.25) is 0 Å². The van der Waals surface area contributed by atoms with Crippen LogP contribution in [0.15, 0.2) is 18.2 Å². The Morgan fingerprint density at radius 1 is 1.54 bits per heavy atom. The van der Waals surface area contributed by atoms with E-state index in [0.717, 1.165) is 16.6 Å². The fourth-order valence-electron chi connectivity index (χ4n) is 1.16. The smallest absolute Gasteiger partial charge is 0.196 e. The monoisotopic (exact) mass is 287 g/mol. The first-order valence-corrected chi connectivity index (χ1v) is 4.81. The Morgan fingerprint density at radius 3 is 3.15 bits per heavy atom. The molecular formula is C8H6IN3O. The van der Waals surface area contributed by atoms with E-state index in [9.17, 15) is 4.79 Å². The first-order chi connectivity index (χ1) is 6.25. The van der Waals surface area contributed by atoms with Crippen LogP contribution in [0.5, 0.6) is 0 Å². The van der Waals surface area contributed by atoms with E-state index in [1.807, 2.05) is 18.2 Å². The SMILES string of the molecule is O=C(I)Cc1ccc2[nH]nnc2c1. The Morgan fingerprint density at radius 2 is 2.38 bits per heavy atom. The molecule has 0 atom stereocenters. The summed E-state index contributed by atoms with van der Waals surface area (Å²) in [4.78, 5) is 10.8. The highest BCUT2D eigenvalue weighted by molar-refractivity contribution is 14.1. The first kappa shape index (κ1) is 8.61. The third-order valence-electron chi connectivity index (χ3n) is 1.73. The molecule has 0 unspecified atom stereocenters. The molecule has 1 heterocycles. The van der Waals surface area contributed by atoms with Crippen LogP contribution in [0.25, 0.3) is 11.0 Å². The summed E-state index contributed by atoms with van der Waals surface area (Å²) < 4.78 is 0.125. The second kappa shape index (κ2) is 3.41. The number of aromatic amines is 1. The number of hydrogen-bond acceptors (Lipinski definition) is 3. The molecule has 0 saturated heterocycles. The van der Waals surface area contributed by atoms with Crippen LogP contribution in [0.3, 0.4) is 0 Å². The van der Waals surface area contributed by atoms with Crippen molar-refractivity contribution < 1.29 is 4.79 Å². The Balaban J connectivity index is 2.42. The molecule has 0 radical (unpaired) electrons. The van der Waals surface area contributed by atoms with Gasteiger partial charge in [-0.2, -0.15) is 0 Å². The summed E-state index contributed by atoms with van der Waals surface area (Å²) in [6.07, 6.45) is 0.448. The number of hydrogen-bond donors (Lipinski definition) is 1. The van der Waals surface area contributed by atoms with E-state index in [4.69, 9.17) is 0 Å². The Kier molecular flexibility index (Phi) is 2.26. The van der Waals surface area contributed by atoms with Crippen molar-refractivity contribution in [1.82, 2.24) is 15.4 Å². The first-order valence-electron chi connectivity index (χ1n) is 3.74. The highest BCUT2D eigenvalue weighted by atomic mass is 127. The van der Waals surface area contributed by atoms with E-state index in [-0.39, 0.29) is 3.79 Å². The molecule has 0 aliphatic heterocycles. The number of carbonyl (C=O) groups is 1. The number of rotatable bonds is 2. The lowest BCUT2D eigenvalue weighted by Gasteiger charge is -1.94. The summed E-state index contributed by atoms with van der Waals surface area (Å²) in [6.45, 7) is 0. The molecule has 2 aromatic rings. The standard InChI is InChI=1S/C8H6IN3O/c9-8(13)4-5-1-2-6-7(3-5)11-12-10-6/h1-3H,4H2,(H,10,11,12). The minimum atomic E-state index is 0.125. The van der Waals surface area contributed by atoms with Crippen LogP contribution in [0.4, 0.5) is 0 Å². The Hall–Kier alpha value is -0.980. The highest BCUT2D eigenvalue weighted by Gasteiger charge is 2.02. The predicted octanol–water partition coefficient (Wildman–Crippen LogP) is 1.46. The molecule has 1 N–H and O–H groups in total. The van der Waals surface area contributed by atoms with Gasteiger partial charge in [0.15, 0.2) is 3.79 Å². The van der Waals surface area contributed by atoms with Crippen molar-refractivity contribution in [2.45, 2.75) is 6.42 Å². The molecule has 1 aromatic carbocycles. The lowest BCUT2D eigenvalue weighted by atomic mass is 10.1. The van der Waals surface area contributed by atoms with Gasteiger partial charge in [0.05, 0.1) is 5.52 Å². The molecule has 0 bridgehead atoms. The molecule has 2 rings (SSSR count). The minimum absolute atomic E-state index is 0.125. The Labute approximate surface area is 87.9 Å². The fraction of sp³-hybridized carbons (Fsp3) is 0.125. The number of benzene rings is 1. The zero-order valence-electron chi connectivity index (χ0n) is 6.62. The second-order valence-corrected chi connectivity index (χ2v) is 3.90. The van der Waals surface area contributed by atoms with Gasteiger partial charge in [-0.3, -0.25) is 9.89 Å². The molecule has 5 heteroatoms. The molecule has 0 saturated carbocycles. The number of fused-ring (bicyclic) bond motifs is 1. The number of halogens is 1. The summed E-state index contributed by atoms with van der Waals surface area (Å²) in [5.74, 6) is 0. The molecule has 0 amide bonds. The van der Waals surface area contributed by atoms with Gasteiger partial charge < -0.3 is 0 Å². The van der Waals surface area contributed by atoms with Gasteiger partial charge in [0, 0.05) is 6.42 Å². The minimum Gasteiger partial charge on any atom is -0.287 e. The number of H-pyrrole nitrogens is 1. The number of aromatic nitrogens is 3. The van der Waals surface area contributed by atoms with Gasteiger partial charge in [-0.05, 0) is 40.3 Å². The molecule has 0 fully saturated rings. The van der Waals surface area contributed by atoms with Crippen LogP contribution in [-0.4, -0.2) is 19.2 Å². The van der Waals surface area contributed by atoms with Gasteiger partial charge in [-0.1, -0.05) is 11.3 Å². The van der Waals surface area contributed by atoms with Gasteiger partial charge >= 0.3 is 0 Å². The summed E-state index contributed by atoms with van der Waals surface area (Å²) in [7, 11) is 0. The molecule has 0 aliphatic carbocycles. The van der Waals surface area contributed by atoms with Gasteiger partial charge in [0.25, 0.3) is 0 Å². The van der Waals surface area contributed by atoms with E-state index in [0.29, 0.717) is 6.42 Å². The van der Waals surface area contributed by atoms with Crippen LogP contribution >= 0.6 is 22.6 Å². The lowest BCUT2D eigenvalue weighted by molar-refractivity contribution is -0.108. The molecule has 0 aliphatic rings. The second-order valence-electron chi connectivity index (χ2n) is 2.70. The maximum Gasteiger partial charge on any atom is 0.196 e. The quantitative estimate of drug-likeness (QED) is 0.672. The van der Waals surface area contributed by atoms with Crippen molar-refractivity contribution in [1.29, 1.82) is 0 Å². The highest BCUT2D eigenvalue weighted by Crippen LogP contribution is 2.12. The van der Waals surface area contributed by atoms with Crippen molar-refractivity contribution in [2.24, 2.45) is 0 Å². The van der Waals surface area contributed by atoms with Crippen LogP contribution in [0, 0.1) is 0 Å².